The fourth-order valence-electron chi connectivity index (χ4n) is 2.79. The Labute approximate surface area is 149 Å². The van der Waals surface area contributed by atoms with E-state index in [1.807, 2.05) is 19.1 Å². The number of nitrogens with zero attached hydrogens (tertiary/aromatic N) is 4. The van der Waals surface area contributed by atoms with Crippen molar-refractivity contribution in [1.82, 2.24) is 24.1 Å². The van der Waals surface area contributed by atoms with Gasteiger partial charge in [0.1, 0.15) is 17.2 Å². The Morgan fingerprint density at radius 3 is 2.58 bits per heavy atom. The standard InChI is InChI=1S/C17H22N6O3/c1-4-22-15-13(16(24)23(5-2)17(22)25)20-14(21-15)11-6-7-12(19-10-11)18-8-9-26-3/h6-7,10H,4-5,8-9H2,1-3H3,(H,18,19)(H,20,21). The molecule has 0 spiro atoms. The lowest BCUT2D eigenvalue weighted by Gasteiger charge is -2.06. The molecule has 0 atom stereocenters. The molecule has 0 aromatic carbocycles. The van der Waals surface area contributed by atoms with Gasteiger partial charge in [0, 0.05) is 38.5 Å². The number of pyridine rings is 1. The van der Waals surface area contributed by atoms with Crippen molar-refractivity contribution in [3.8, 4) is 11.4 Å². The van der Waals surface area contributed by atoms with Gasteiger partial charge in [-0.3, -0.25) is 13.9 Å². The Bertz CT molecular complexity index is 1020. The van der Waals surface area contributed by atoms with Crippen molar-refractivity contribution in [3.63, 3.8) is 0 Å². The minimum atomic E-state index is -0.359. The summed E-state index contributed by atoms with van der Waals surface area (Å²) in [7, 11) is 1.64. The Kier molecular flexibility index (Phi) is 5.17. The maximum absolute atomic E-state index is 12.5. The molecule has 0 saturated heterocycles. The molecule has 0 bridgehead atoms. The molecule has 3 aromatic rings. The van der Waals surface area contributed by atoms with Crippen molar-refractivity contribution in [2.24, 2.45) is 0 Å². The van der Waals surface area contributed by atoms with E-state index in [0.29, 0.717) is 43.2 Å². The number of hydrogen-bond donors (Lipinski definition) is 2. The van der Waals surface area contributed by atoms with Crippen LogP contribution in [0.5, 0.6) is 0 Å². The number of anilines is 1. The minimum absolute atomic E-state index is 0.311. The van der Waals surface area contributed by atoms with Crippen molar-refractivity contribution in [2.45, 2.75) is 26.9 Å². The number of imidazole rings is 1. The van der Waals surface area contributed by atoms with Crippen LogP contribution >= 0.6 is 0 Å². The zero-order valence-electron chi connectivity index (χ0n) is 15.1. The molecular weight excluding hydrogens is 336 g/mol. The number of H-pyrrole nitrogens is 1. The Morgan fingerprint density at radius 1 is 1.19 bits per heavy atom. The average molecular weight is 358 g/mol. The van der Waals surface area contributed by atoms with E-state index >= 15 is 0 Å². The summed E-state index contributed by atoms with van der Waals surface area (Å²) in [5.74, 6) is 1.23. The molecule has 26 heavy (non-hydrogen) atoms. The van der Waals surface area contributed by atoms with Crippen molar-refractivity contribution >= 4 is 17.0 Å². The molecule has 0 aliphatic rings. The average Bonchev–Trinajstić information content (AvgIpc) is 3.09. The van der Waals surface area contributed by atoms with E-state index in [1.54, 1.807) is 20.2 Å². The van der Waals surface area contributed by atoms with Gasteiger partial charge in [-0.25, -0.2) is 14.8 Å². The second kappa shape index (κ2) is 7.52. The number of methoxy groups -OCH3 is 1. The molecule has 0 amide bonds. The van der Waals surface area contributed by atoms with Gasteiger partial charge in [0.05, 0.1) is 6.61 Å². The first kappa shape index (κ1) is 17.9. The first-order chi connectivity index (χ1) is 12.6. The van der Waals surface area contributed by atoms with Gasteiger partial charge in [-0.05, 0) is 26.0 Å². The van der Waals surface area contributed by atoms with Crippen LogP contribution in [-0.2, 0) is 17.8 Å². The Balaban J connectivity index is 2.03. The third-order valence-corrected chi connectivity index (χ3v) is 4.14. The van der Waals surface area contributed by atoms with Crippen LogP contribution in [0.4, 0.5) is 5.82 Å². The molecule has 3 heterocycles. The highest BCUT2D eigenvalue weighted by atomic mass is 16.5. The molecular formula is C17H22N6O3. The summed E-state index contributed by atoms with van der Waals surface area (Å²) in [5, 5.41) is 3.14. The first-order valence-corrected chi connectivity index (χ1v) is 8.53. The van der Waals surface area contributed by atoms with E-state index in [1.165, 1.54) is 9.13 Å². The number of fused-ring (bicyclic) bond motifs is 1. The summed E-state index contributed by atoms with van der Waals surface area (Å²) in [6.07, 6.45) is 1.67. The van der Waals surface area contributed by atoms with Gasteiger partial charge in [-0.2, -0.15) is 0 Å². The lowest BCUT2D eigenvalue weighted by atomic mass is 10.2. The molecule has 0 unspecified atom stereocenters. The Hall–Kier alpha value is -2.94. The van der Waals surface area contributed by atoms with E-state index in [9.17, 15) is 9.59 Å². The van der Waals surface area contributed by atoms with Crippen molar-refractivity contribution < 1.29 is 4.74 Å². The normalized spacial score (nSPS) is 11.2. The van der Waals surface area contributed by atoms with Gasteiger partial charge < -0.3 is 15.0 Å². The quantitative estimate of drug-likeness (QED) is 0.611. The first-order valence-electron chi connectivity index (χ1n) is 8.53. The predicted octanol–water partition coefficient (Wildman–Crippen LogP) is 1.05. The molecule has 0 aliphatic carbocycles. The molecule has 0 fully saturated rings. The molecule has 0 saturated carbocycles. The lowest BCUT2D eigenvalue weighted by molar-refractivity contribution is 0.210. The Morgan fingerprint density at radius 2 is 1.96 bits per heavy atom. The summed E-state index contributed by atoms with van der Waals surface area (Å²) in [4.78, 5) is 36.8. The third-order valence-electron chi connectivity index (χ3n) is 4.14. The third kappa shape index (κ3) is 3.13. The number of nitrogens with one attached hydrogen (secondary N) is 2. The molecule has 0 aliphatic heterocycles. The van der Waals surface area contributed by atoms with Crippen LogP contribution in [0.2, 0.25) is 0 Å². The minimum Gasteiger partial charge on any atom is -0.383 e. The smallest absolute Gasteiger partial charge is 0.332 e. The molecule has 3 rings (SSSR count). The molecule has 9 nitrogen and oxygen atoms in total. The molecule has 9 heteroatoms. The van der Waals surface area contributed by atoms with Crippen LogP contribution in [0, 0.1) is 0 Å². The fraction of sp³-hybridized carbons (Fsp3) is 0.412. The van der Waals surface area contributed by atoms with E-state index in [4.69, 9.17) is 4.74 Å². The SMILES string of the molecule is CCn1c(=O)c2[nH]c(-c3ccc(NCCOC)nc3)nc2n(CC)c1=O. The largest absolute Gasteiger partial charge is 0.383 e. The molecule has 2 N–H and O–H groups in total. The van der Waals surface area contributed by atoms with Crippen LogP contribution < -0.4 is 16.6 Å². The van der Waals surface area contributed by atoms with Gasteiger partial charge in [0.15, 0.2) is 5.65 Å². The van der Waals surface area contributed by atoms with Crippen LogP contribution in [0.25, 0.3) is 22.6 Å². The van der Waals surface area contributed by atoms with E-state index in [-0.39, 0.29) is 11.2 Å². The van der Waals surface area contributed by atoms with Crippen LogP contribution in [0.1, 0.15) is 13.8 Å². The highest BCUT2D eigenvalue weighted by Gasteiger charge is 2.16. The summed E-state index contributed by atoms with van der Waals surface area (Å²) in [6, 6.07) is 3.68. The van der Waals surface area contributed by atoms with Crippen molar-refractivity contribution in [3.05, 3.63) is 39.2 Å². The number of aromatic nitrogens is 5. The number of ether oxygens (including phenoxy) is 1. The van der Waals surface area contributed by atoms with Gasteiger partial charge in [-0.1, -0.05) is 0 Å². The van der Waals surface area contributed by atoms with Gasteiger partial charge >= 0.3 is 5.69 Å². The molecule has 138 valence electrons. The number of aryl methyl sites for hydroxylation is 1. The topological polar surface area (TPSA) is 107 Å². The highest BCUT2D eigenvalue weighted by molar-refractivity contribution is 5.75. The summed E-state index contributed by atoms with van der Waals surface area (Å²) >= 11 is 0. The summed E-state index contributed by atoms with van der Waals surface area (Å²) in [6.45, 7) is 5.61. The van der Waals surface area contributed by atoms with Crippen LogP contribution in [0.3, 0.4) is 0 Å². The second-order valence-corrected chi connectivity index (χ2v) is 5.71. The lowest BCUT2D eigenvalue weighted by Crippen LogP contribution is -2.39. The monoisotopic (exact) mass is 358 g/mol. The van der Waals surface area contributed by atoms with Gasteiger partial charge in [0.2, 0.25) is 0 Å². The zero-order valence-corrected chi connectivity index (χ0v) is 15.1. The van der Waals surface area contributed by atoms with E-state index in [2.05, 4.69) is 20.3 Å². The van der Waals surface area contributed by atoms with Crippen LogP contribution in [0.15, 0.2) is 27.9 Å². The van der Waals surface area contributed by atoms with Gasteiger partial charge in [-0.15, -0.1) is 0 Å². The number of aromatic amines is 1. The fourth-order valence-corrected chi connectivity index (χ4v) is 2.79. The number of hydrogen-bond acceptors (Lipinski definition) is 6. The zero-order chi connectivity index (χ0) is 18.7. The van der Waals surface area contributed by atoms with E-state index in [0.717, 1.165) is 11.4 Å². The maximum atomic E-state index is 12.5. The predicted molar refractivity (Wildman–Crippen MR) is 99.6 cm³/mol. The number of rotatable bonds is 7. The summed E-state index contributed by atoms with van der Waals surface area (Å²) < 4.78 is 7.68. The molecule has 0 radical (unpaired) electrons. The van der Waals surface area contributed by atoms with Crippen LogP contribution in [-0.4, -0.2) is 44.3 Å². The summed E-state index contributed by atoms with van der Waals surface area (Å²) in [5.41, 5.74) is 0.717. The van der Waals surface area contributed by atoms with Gasteiger partial charge in [0.25, 0.3) is 5.56 Å². The second-order valence-electron chi connectivity index (χ2n) is 5.71. The van der Waals surface area contributed by atoms with Crippen molar-refractivity contribution in [2.75, 3.05) is 25.6 Å². The maximum Gasteiger partial charge on any atom is 0.332 e. The molecule has 3 aromatic heterocycles. The van der Waals surface area contributed by atoms with Crippen molar-refractivity contribution in [1.29, 1.82) is 0 Å². The van der Waals surface area contributed by atoms with E-state index < -0.39 is 0 Å². The highest BCUT2D eigenvalue weighted by Crippen LogP contribution is 2.18.